The van der Waals surface area contributed by atoms with Crippen molar-refractivity contribution in [3.8, 4) is 0 Å². The molecule has 0 unspecified atom stereocenters. The Morgan fingerprint density at radius 2 is 1.96 bits per heavy atom. The van der Waals surface area contributed by atoms with E-state index < -0.39 is 0 Å². The van der Waals surface area contributed by atoms with Gasteiger partial charge in [-0.25, -0.2) is 0 Å². The first kappa shape index (κ1) is 19.8. The van der Waals surface area contributed by atoms with Gasteiger partial charge in [-0.15, -0.1) is 0 Å². The van der Waals surface area contributed by atoms with Crippen LogP contribution in [0.5, 0.6) is 0 Å². The Morgan fingerprint density at radius 3 is 2.54 bits per heavy atom. The van der Waals surface area contributed by atoms with E-state index in [4.69, 9.17) is 0 Å². The van der Waals surface area contributed by atoms with Gasteiger partial charge < -0.3 is 10.2 Å². The van der Waals surface area contributed by atoms with E-state index in [1.807, 2.05) is 32.0 Å². The lowest BCUT2D eigenvalue weighted by Gasteiger charge is -2.19. The summed E-state index contributed by atoms with van der Waals surface area (Å²) < 4.78 is 1.71. The number of hydrogen-bond acceptors (Lipinski definition) is 4. The van der Waals surface area contributed by atoms with Gasteiger partial charge in [0.1, 0.15) is 0 Å². The molecule has 0 saturated carbocycles. The summed E-state index contributed by atoms with van der Waals surface area (Å²) in [6.45, 7) is 8.26. The van der Waals surface area contributed by atoms with Crippen LogP contribution in [0.1, 0.15) is 53.5 Å². The van der Waals surface area contributed by atoms with E-state index in [1.165, 1.54) is 6.92 Å². The minimum atomic E-state index is -0.124. The van der Waals surface area contributed by atoms with Crippen molar-refractivity contribution in [3.63, 3.8) is 0 Å². The van der Waals surface area contributed by atoms with Gasteiger partial charge >= 0.3 is 0 Å². The van der Waals surface area contributed by atoms with Crippen LogP contribution in [-0.2, 0) is 16.1 Å². The van der Waals surface area contributed by atoms with Crippen LogP contribution in [0, 0.1) is 20.8 Å². The summed E-state index contributed by atoms with van der Waals surface area (Å²) in [4.78, 5) is 37.8. The van der Waals surface area contributed by atoms with E-state index >= 15 is 0 Å². The zero-order chi connectivity index (χ0) is 20.4. The largest absolute Gasteiger partial charge is 0.326 e. The van der Waals surface area contributed by atoms with Crippen LogP contribution < -0.4 is 10.2 Å². The number of nitrogens with zero attached hydrogens (tertiary/aromatic N) is 3. The van der Waals surface area contributed by atoms with Gasteiger partial charge in [0, 0.05) is 43.0 Å². The van der Waals surface area contributed by atoms with Crippen molar-refractivity contribution in [1.29, 1.82) is 0 Å². The quantitative estimate of drug-likeness (QED) is 0.778. The Morgan fingerprint density at radius 1 is 1.21 bits per heavy atom. The molecule has 28 heavy (non-hydrogen) atoms. The van der Waals surface area contributed by atoms with E-state index in [-0.39, 0.29) is 24.0 Å². The summed E-state index contributed by atoms with van der Waals surface area (Å²) in [5.74, 6) is 0.00813. The molecule has 1 fully saturated rings. The molecule has 7 nitrogen and oxygen atoms in total. The first-order valence-electron chi connectivity index (χ1n) is 9.53. The molecule has 148 valence electrons. The maximum absolute atomic E-state index is 12.3. The zero-order valence-electron chi connectivity index (χ0n) is 16.8. The van der Waals surface area contributed by atoms with Gasteiger partial charge in [0.25, 0.3) is 0 Å². The number of carbonyl (C=O) groups excluding carboxylic acids is 3. The van der Waals surface area contributed by atoms with Gasteiger partial charge in [0.05, 0.1) is 11.3 Å². The Kier molecular flexibility index (Phi) is 5.63. The SMILES string of the molecule is CC(=O)c1c(C)nn(CCC(=O)Nc2ccc(N3CCCC3=O)c(C)c2)c1C. The number of benzene rings is 1. The minimum Gasteiger partial charge on any atom is -0.326 e. The highest BCUT2D eigenvalue weighted by atomic mass is 16.2. The number of carbonyl (C=O) groups is 3. The monoisotopic (exact) mass is 382 g/mol. The molecule has 0 bridgehead atoms. The van der Waals surface area contributed by atoms with Crippen LogP contribution in [0.15, 0.2) is 18.2 Å². The molecule has 0 radical (unpaired) electrons. The highest BCUT2D eigenvalue weighted by Gasteiger charge is 2.23. The van der Waals surface area contributed by atoms with E-state index in [0.29, 0.717) is 29.9 Å². The fraction of sp³-hybridized carbons (Fsp3) is 0.429. The maximum atomic E-state index is 12.3. The Balaban J connectivity index is 1.62. The molecule has 1 aromatic heterocycles. The summed E-state index contributed by atoms with van der Waals surface area (Å²) >= 11 is 0. The van der Waals surface area contributed by atoms with Crippen molar-refractivity contribution in [2.24, 2.45) is 0 Å². The number of ketones is 1. The normalized spacial score (nSPS) is 13.9. The third-order valence-electron chi connectivity index (χ3n) is 5.13. The van der Waals surface area contributed by atoms with E-state index in [9.17, 15) is 14.4 Å². The highest BCUT2D eigenvalue weighted by molar-refractivity contribution is 5.97. The van der Waals surface area contributed by atoms with Gasteiger partial charge in [-0.05, 0) is 57.9 Å². The van der Waals surface area contributed by atoms with E-state index in [2.05, 4.69) is 10.4 Å². The smallest absolute Gasteiger partial charge is 0.227 e. The fourth-order valence-corrected chi connectivity index (χ4v) is 3.79. The summed E-state index contributed by atoms with van der Waals surface area (Å²) in [6.07, 6.45) is 1.73. The van der Waals surface area contributed by atoms with E-state index in [1.54, 1.807) is 16.5 Å². The maximum Gasteiger partial charge on any atom is 0.227 e. The molecule has 2 amide bonds. The molecule has 7 heteroatoms. The van der Waals surface area contributed by atoms with Crippen LogP contribution in [-0.4, -0.2) is 33.9 Å². The predicted octanol–water partition coefficient (Wildman–Crippen LogP) is 3.17. The Bertz CT molecular complexity index is 945. The third-order valence-corrected chi connectivity index (χ3v) is 5.13. The number of Topliss-reactive ketones (excluding diaryl/α,β-unsaturated/α-hetero) is 1. The van der Waals surface area contributed by atoms with Gasteiger partial charge in [-0.1, -0.05) is 0 Å². The molecule has 0 spiro atoms. The minimum absolute atomic E-state index is 0.0160. The van der Waals surface area contributed by atoms with Crippen molar-refractivity contribution >= 4 is 29.0 Å². The van der Waals surface area contributed by atoms with Crippen molar-refractivity contribution in [1.82, 2.24) is 9.78 Å². The number of amides is 2. The van der Waals surface area contributed by atoms with Crippen LogP contribution in [0.25, 0.3) is 0 Å². The summed E-state index contributed by atoms with van der Waals surface area (Å²) in [5.41, 5.74) is 4.66. The second-order valence-electron chi connectivity index (χ2n) is 7.27. The lowest BCUT2D eigenvalue weighted by Crippen LogP contribution is -2.24. The van der Waals surface area contributed by atoms with Crippen molar-refractivity contribution in [3.05, 3.63) is 40.7 Å². The van der Waals surface area contributed by atoms with Crippen LogP contribution >= 0.6 is 0 Å². The van der Waals surface area contributed by atoms with Crippen LogP contribution in [0.2, 0.25) is 0 Å². The molecule has 3 rings (SSSR count). The van der Waals surface area contributed by atoms with Gasteiger partial charge in [0.15, 0.2) is 5.78 Å². The molecule has 1 saturated heterocycles. The van der Waals surface area contributed by atoms with Crippen LogP contribution in [0.3, 0.4) is 0 Å². The lowest BCUT2D eigenvalue weighted by molar-refractivity contribution is -0.117. The average Bonchev–Trinajstić information content (AvgIpc) is 3.16. The van der Waals surface area contributed by atoms with Gasteiger partial charge in [-0.2, -0.15) is 5.10 Å². The molecule has 0 aliphatic carbocycles. The predicted molar refractivity (Wildman–Crippen MR) is 108 cm³/mol. The summed E-state index contributed by atoms with van der Waals surface area (Å²) in [7, 11) is 0. The first-order valence-corrected chi connectivity index (χ1v) is 9.53. The van der Waals surface area contributed by atoms with Crippen molar-refractivity contribution < 1.29 is 14.4 Å². The van der Waals surface area contributed by atoms with Crippen LogP contribution in [0.4, 0.5) is 11.4 Å². The second-order valence-corrected chi connectivity index (χ2v) is 7.27. The standard InChI is InChI=1S/C21H26N4O3/c1-13-12-17(7-8-18(13)24-10-5-6-20(24)28)22-19(27)9-11-25-15(3)21(16(4)26)14(2)23-25/h7-8,12H,5-6,9-11H2,1-4H3,(H,22,27). The molecule has 2 heterocycles. The van der Waals surface area contributed by atoms with Gasteiger partial charge in [0.2, 0.25) is 11.8 Å². The molecule has 0 atom stereocenters. The highest BCUT2D eigenvalue weighted by Crippen LogP contribution is 2.27. The second kappa shape index (κ2) is 7.96. The first-order chi connectivity index (χ1) is 13.3. The number of hydrogen-bond donors (Lipinski definition) is 1. The fourth-order valence-electron chi connectivity index (χ4n) is 3.79. The van der Waals surface area contributed by atoms with Crippen molar-refractivity contribution in [2.75, 3.05) is 16.8 Å². The number of aromatic nitrogens is 2. The molecule has 1 aliphatic rings. The summed E-state index contributed by atoms with van der Waals surface area (Å²) in [5, 5.41) is 7.26. The molecule has 1 N–H and O–H groups in total. The molecule has 1 aliphatic heterocycles. The molecular formula is C21H26N4O3. The number of nitrogens with one attached hydrogen (secondary N) is 1. The molecule has 2 aromatic rings. The van der Waals surface area contributed by atoms with Gasteiger partial charge in [-0.3, -0.25) is 19.1 Å². The number of rotatable bonds is 6. The van der Waals surface area contributed by atoms with E-state index in [0.717, 1.165) is 29.9 Å². The number of aryl methyl sites for hydroxylation is 3. The number of anilines is 2. The zero-order valence-corrected chi connectivity index (χ0v) is 16.8. The molecular weight excluding hydrogens is 356 g/mol. The van der Waals surface area contributed by atoms with Crippen molar-refractivity contribution in [2.45, 2.75) is 53.5 Å². The Hall–Kier alpha value is -2.96. The third kappa shape index (κ3) is 3.98. The topological polar surface area (TPSA) is 84.3 Å². The average molecular weight is 382 g/mol. The molecule has 1 aromatic carbocycles. The Labute approximate surface area is 164 Å². The summed E-state index contributed by atoms with van der Waals surface area (Å²) in [6, 6.07) is 5.59. The lowest BCUT2D eigenvalue weighted by atomic mass is 10.1.